The van der Waals surface area contributed by atoms with E-state index in [1.54, 1.807) is 0 Å². The molecule has 2 heterocycles. The summed E-state index contributed by atoms with van der Waals surface area (Å²) in [6.07, 6.45) is 6.04. The van der Waals surface area contributed by atoms with Crippen molar-refractivity contribution >= 4 is 22.6 Å². The van der Waals surface area contributed by atoms with Crippen molar-refractivity contribution in [3.8, 4) is 11.5 Å². The van der Waals surface area contributed by atoms with Crippen LogP contribution in [0, 0.1) is 5.92 Å². The first-order valence-electron chi connectivity index (χ1n) is 12.5. The number of nitrogens with zero attached hydrogens (tertiary/aromatic N) is 1. The summed E-state index contributed by atoms with van der Waals surface area (Å²) in [4.78, 5) is 8.40. The third kappa shape index (κ3) is 6.36. The van der Waals surface area contributed by atoms with Crippen molar-refractivity contribution in [3.05, 3.63) is 88.7 Å². The lowest BCUT2D eigenvalue weighted by molar-refractivity contribution is 0.297. The van der Waals surface area contributed by atoms with E-state index in [2.05, 4.69) is 34.6 Å². The van der Waals surface area contributed by atoms with Crippen molar-refractivity contribution in [1.29, 1.82) is 0 Å². The number of aromatic nitrogens is 2. The number of benzene rings is 3. The summed E-state index contributed by atoms with van der Waals surface area (Å²) in [6.45, 7) is 3.17. The number of halogens is 1. The molecule has 182 valence electrons. The van der Waals surface area contributed by atoms with E-state index in [0.717, 1.165) is 59.3 Å². The van der Waals surface area contributed by atoms with Crippen molar-refractivity contribution in [3.63, 3.8) is 0 Å². The molecular formula is C29H32ClN3O2. The Kier molecular flexibility index (Phi) is 7.86. The van der Waals surface area contributed by atoms with Gasteiger partial charge in [-0.25, -0.2) is 4.98 Å². The van der Waals surface area contributed by atoms with Gasteiger partial charge >= 0.3 is 0 Å². The zero-order chi connectivity index (χ0) is 23.9. The first kappa shape index (κ1) is 23.7. The highest BCUT2D eigenvalue weighted by Gasteiger charge is 2.16. The van der Waals surface area contributed by atoms with Gasteiger partial charge in [0.1, 0.15) is 36.1 Å². The molecule has 0 atom stereocenters. The van der Waals surface area contributed by atoms with Gasteiger partial charge < -0.3 is 19.8 Å². The Balaban J connectivity index is 1.33. The average molecular weight is 490 g/mol. The van der Waals surface area contributed by atoms with Crippen LogP contribution in [-0.4, -0.2) is 23.1 Å². The Hall–Kier alpha value is -3.02. The molecule has 0 radical (unpaired) electrons. The second-order valence-electron chi connectivity index (χ2n) is 9.23. The molecule has 0 saturated carbocycles. The first-order valence-corrected chi connectivity index (χ1v) is 12.9. The van der Waals surface area contributed by atoms with Crippen LogP contribution in [0.2, 0.25) is 5.02 Å². The molecule has 0 bridgehead atoms. The van der Waals surface area contributed by atoms with E-state index in [1.807, 2.05) is 42.5 Å². The second-order valence-corrected chi connectivity index (χ2v) is 9.67. The lowest BCUT2D eigenvalue weighted by Gasteiger charge is -2.22. The predicted molar refractivity (Wildman–Crippen MR) is 141 cm³/mol. The van der Waals surface area contributed by atoms with Crippen LogP contribution in [0.5, 0.6) is 11.5 Å². The van der Waals surface area contributed by atoms with E-state index < -0.39 is 0 Å². The number of aryl methyl sites for hydroxylation is 1. The summed E-state index contributed by atoms with van der Waals surface area (Å²) in [6, 6.07) is 21.9. The van der Waals surface area contributed by atoms with Crippen LogP contribution in [-0.2, 0) is 19.6 Å². The lowest BCUT2D eigenvalue weighted by atomic mass is 9.91. The van der Waals surface area contributed by atoms with Crippen molar-refractivity contribution < 1.29 is 9.47 Å². The van der Waals surface area contributed by atoms with E-state index in [4.69, 9.17) is 26.1 Å². The van der Waals surface area contributed by atoms with Gasteiger partial charge in [-0.2, -0.15) is 0 Å². The van der Waals surface area contributed by atoms with Crippen LogP contribution in [0.3, 0.4) is 0 Å². The van der Waals surface area contributed by atoms with E-state index in [1.165, 1.54) is 31.2 Å². The smallest absolute Gasteiger partial charge is 0.146 e. The highest BCUT2D eigenvalue weighted by molar-refractivity contribution is 6.30. The first-order chi connectivity index (χ1) is 17.2. The number of fused-ring (bicyclic) bond motifs is 1. The van der Waals surface area contributed by atoms with Crippen LogP contribution < -0.4 is 14.8 Å². The molecule has 2 N–H and O–H groups in total. The van der Waals surface area contributed by atoms with Gasteiger partial charge in [0.25, 0.3) is 0 Å². The van der Waals surface area contributed by atoms with Gasteiger partial charge in [0.05, 0.1) is 5.52 Å². The lowest BCUT2D eigenvalue weighted by Crippen LogP contribution is -2.27. The third-order valence-corrected chi connectivity index (χ3v) is 6.93. The highest BCUT2D eigenvalue weighted by atomic mass is 35.5. The zero-order valence-corrected chi connectivity index (χ0v) is 20.7. The van der Waals surface area contributed by atoms with E-state index >= 15 is 0 Å². The van der Waals surface area contributed by atoms with Crippen LogP contribution in [0.15, 0.2) is 66.7 Å². The third-order valence-electron chi connectivity index (χ3n) is 6.68. The minimum absolute atomic E-state index is 0.350. The minimum Gasteiger partial charge on any atom is -0.487 e. The molecule has 4 aromatic rings. The Labute approximate surface area is 211 Å². The van der Waals surface area contributed by atoms with E-state index in [-0.39, 0.29) is 0 Å². The number of hydrogen-bond acceptors (Lipinski definition) is 4. The van der Waals surface area contributed by atoms with Gasteiger partial charge in [0, 0.05) is 5.02 Å². The number of imidazole rings is 1. The second kappa shape index (κ2) is 11.6. The Morgan fingerprint density at radius 3 is 2.49 bits per heavy atom. The number of piperidine rings is 1. The molecule has 35 heavy (non-hydrogen) atoms. The van der Waals surface area contributed by atoms with Gasteiger partial charge in [-0.15, -0.1) is 0 Å². The van der Waals surface area contributed by atoms with Crippen LogP contribution >= 0.6 is 11.6 Å². The fourth-order valence-corrected chi connectivity index (χ4v) is 4.86. The maximum Gasteiger partial charge on any atom is 0.146 e. The van der Waals surface area contributed by atoms with Gasteiger partial charge in [0.15, 0.2) is 0 Å². The summed E-state index contributed by atoms with van der Waals surface area (Å²) in [5, 5.41) is 4.15. The molecule has 6 heteroatoms. The Bertz CT molecular complexity index is 1220. The number of aromatic amines is 1. The number of nitrogens with one attached hydrogen (secondary N) is 2. The molecule has 1 aliphatic rings. The Morgan fingerprint density at radius 2 is 1.69 bits per heavy atom. The number of H-pyrrole nitrogens is 1. The molecule has 1 fully saturated rings. The van der Waals surface area contributed by atoms with Crippen LogP contribution in [0.25, 0.3) is 11.0 Å². The van der Waals surface area contributed by atoms with Crippen molar-refractivity contribution in [2.24, 2.45) is 5.92 Å². The fraction of sp³-hybridized carbons (Fsp3) is 0.345. The monoisotopic (exact) mass is 489 g/mol. The largest absolute Gasteiger partial charge is 0.487 e. The molecule has 0 aliphatic carbocycles. The van der Waals surface area contributed by atoms with Gasteiger partial charge in [-0.05, 0) is 86.1 Å². The summed E-state index contributed by atoms with van der Waals surface area (Å²) in [5.41, 5.74) is 4.32. The topological polar surface area (TPSA) is 59.2 Å². The molecule has 1 aromatic heterocycles. The SMILES string of the molecule is Clc1ccc(OCc2nc3c(CCCC4CCNCC4)ccc(OCc4ccccc4)c3[nH]2)cc1. The predicted octanol–water partition coefficient (Wildman–Crippen LogP) is 6.70. The molecule has 3 aromatic carbocycles. The van der Waals surface area contributed by atoms with E-state index in [0.29, 0.717) is 18.2 Å². The highest BCUT2D eigenvalue weighted by Crippen LogP contribution is 2.30. The van der Waals surface area contributed by atoms with Crippen molar-refractivity contribution in [2.45, 2.75) is 45.3 Å². The van der Waals surface area contributed by atoms with Crippen LogP contribution in [0.1, 0.15) is 42.6 Å². The summed E-state index contributed by atoms with van der Waals surface area (Å²) < 4.78 is 12.2. The summed E-state index contributed by atoms with van der Waals surface area (Å²) in [5.74, 6) is 3.20. The molecule has 0 spiro atoms. The fourth-order valence-electron chi connectivity index (χ4n) is 4.73. The minimum atomic E-state index is 0.350. The number of ether oxygens (including phenoxy) is 2. The van der Waals surface area contributed by atoms with Crippen molar-refractivity contribution in [2.75, 3.05) is 13.1 Å². The maximum absolute atomic E-state index is 6.22. The Morgan fingerprint density at radius 1 is 0.886 bits per heavy atom. The molecule has 5 nitrogen and oxygen atoms in total. The number of rotatable bonds is 10. The standard InChI is InChI=1S/C29H32ClN3O2/c30-24-10-12-25(13-11-24)34-20-27-32-28-23(8-4-7-21-15-17-31-18-16-21)9-14-26(29(28)33-27)35-19-22-5-2-1-3-6-22/h1-3,5-6,9-14,21,31H,4,7-8,15-20H2,(H,32,33). The molecule has 1 aliphatic heterocycles. The molecular weight excluding hydrogens is 458 g/mol. The normalized spacial score (nSPS) is 14.3. The van der Waals surface area contributed by atoms with Gasteiger partial charge in [-0.1, -0.05) is 54.4 Å². The quantitative estimate of drug-likeness (QED) is 0.260. The number of hydrogen-bond donors (Lipinski definition) is 2. The van der Waals surface area contributed by atoms with Gasteiger partial charge in [0.2, 0.25) is 0 Å². The molecule has 0 amide bonds. The summed E-state index contributed by atoms with van der Waals surface area (Å²) in [7, 11) is 0. The summed E-state index contributed by atoms with van der Waals surface area (Å²) >= 11 is 5.99. The van der Waals surface area contributed by atoms with Crippen LogP contribution in [0.4, 0.5) is 0 Å². The molecule has 5 rings (SSSR count). The van der Waals surface area contributed by atoms with E-state index in [9.17, 15) is 0 Å². The van der Waals surface area contributed by atoms with Gasteiger partial charge in [-0.3, -0.25) is 0 Å². The maximum atomic E-state index is 6.22. The molecule has 0 unspecified atom stereocenters. The van der Waals surface area contributed by atoms with Crippen molar-refractivity contribution in [1.82, 2.24) is 15.3 Å². The average Bonchev–Trinajstić information content (AvgIpc) is 3.34. The zero-order valence-electron chi connectivity index (χ0n) is 19.9. The molecule has 1 saturated heterocycles.